The first-order valence-corrected chi connectivity index (χ1v) is 48.1. The molecule has 0 radical (unpaired) electrons. The number of aromatic nitrogens is 12. The van der Waals surface area contributed by atoms with Crippen molar-refractivity contribution in [3.8, 4) is 90.2 Å². The van der Waals surface area contributed by atoms with Crippen molar-refractivity contribution in [1.29, 1.82) is 0 Å². The van der Waals surface area contributed by atoms with Crippen LogP contribution >= 0.6 is 0 Å². The van der Waals surface area contributed by atoms with E-state index in [0.29, 0.717) is 0 Å². The maximum Gasteiger partial charge on any atom is 0.246 e. The molecule has 6 aromatic heterocycles. The fourth-order valence-corrected chi connectivity index (χ4v) is 21.6. The molecule has 12 nitrogen and oxygen atoms in total. The van der Waals surface area contributed by atoms with Crippen molar-refractivity contribution in [1.82, 2.24) is 28.1 Å². The highest BCUT2D eigenvalue weighted by molar-refractivity contribution is 5.92. The number of nitrogens with zero attached hydrogens (tertiary/aromatic N) is 12. The molecule has 19 aromatic rings. The van der Waals surface area contributed by atoms with Gasteiger partial charge in [-0.1, -0.05) is 331 Å². The maximum absolute atomic E-state index is 2.51. The standard InChI is InChI=1S/C31H35N2.C23H27N2.C21H19N2.C17H23N2.C17H17N2.C15H15N2/c1-20-17-21(2)19-24(18-20)28-26(23-14-10-9-11-15-23)29-31(6,7)30(4,5)25-16-12-13-22(3)27(25)33(29)32(28)8;1-16-11-10-14-19-20(16)25-21(23(4,5)22(19,2)3)18(15-24(25)6)17-12-8-7-9-13-17;1-16-10-6-8-14-19(16)23-20-15-9-7-13-18(20)21(22(23)2)17-11-4-3-5-12-17;1-12-8-7-9-13-15(12)19-14(10-11-18(19)6)17(4,5)16(13,2)3;1-14-8-6-7-11-16(14)19-13-12-17(18(19)2)15-9-4-3-5-10-15;1-12-7-3-5-9-14(12)17-15-10-6-4-8-13(15)11-16(17)2/h9-19H,1-8H3;7-15H,1-6H3;3-15H,1-2H3;7-11H,1-6H3;3-13H,1-2H3;3-11H,1-2H3/q6*+1. The van der Waals surface area contributed by atoms with Crippen LogP contribution < -0.4 is 28.1 Å². The van der Waals surface area contributed by atoms with Crippen LogP contribution in [0.4, 0.5) is 0 Å². The quantitative estimate of drug-likeness (QED) is 0.136. The zero-order valence-corrected chi connectivity index (χ0v) is 84.9. The van der Waals surface area contributed by atoms with Gasteiger partial charge in [-0.05, 0) is 195 Å². The van der Waals surface area contributed by atoms with E-state index < -0.39 is 0 Å². The lowest BCUT2D eigenvalue weighted by Crippen LogP contribution is -2.51. The Morgan fingerprint density at radius 2 is 0.662 bits per heavy atom. The number of para-hydroxylation sites is 8. The van der Waals surface area contributed by atoms with Gasteiger partial charge in [0.25, 0.3) is 0 Å². The molecule has 686 valence electrons. The van der Waals surface area contributed by atoms with Crippen LogP contribution in [0.1, 0.15) is 161 Å². The van der Waals surface area contributed by atoms with Crippen LogP contribution in [-0.4, -0.2) is 28.1 Å². The van der Waals surface area contributed by atoms with E-state index in [9.17, 15) is 0 Å². The highest BCUT2D eigenvalue weighted by Gasteiger charge is 2.55. The lowest BCUT2D eigenvalue weighted by Gasteiger charge is -2.46. The summed E-state index contributed by atoms with van der Waals surface area (Å²) in [6.45, 7) is 46.1. The predicted molar refractivity (Wildman–Crippen MR) is 560 cm³/mol. The molecule has 0 amide bonds. The molecule has 136 heavy (non-hydrogen) atoms. The van der Waals surface area contributed by atoms with E-state index in [1.54, 1.807) is 0 Å². The van der Waals surface area contributed by atoms with Gasteiger partial charge in [0.05, 0.1) is 33.8 Å². The monoisotopic (exact) mass is 1790 g/mol. The molecule has 0 spiro atoms. The third-order valence-electron chi connectivity index (χ3n) is 31.0. The Bertz CT molecular complexity index is 7650. The fraction of sp³-hybridized carbons (Fsp3) is 0.258. The van der Waals surface area contributed by atoms with Gasteiger partial charge in [-0.3, -0.25) is 0 Å². The number of fused-ring (bicyclic) bond motifs is 11. The Morgan fingerprint density at radius 3 is 1.19 bits per heavy atom. The highest BCUT2D eigenvalue weighted by atomic mass is 15.4. The van der Waals surface area contributed by atoms with Crippen LogP contribution in [0.25, 0.3) is 112 Å². The molecule has 3 aliphatic heterocycles. The molecule has 13 aromatic carbocycles. The molecule has 3 aliphatic rings. The van der Waals surface area contributed by atoms with Crippen LogP contribution in [0.3, 0.4) is 0 Å². The summed E-state index contributed by atoms with van der Waals surface area (Å²) in [6, 6.07) is 117. The van der Waals surface area contributed by atoms with E-state index in [1.165, 1.54) is 190 Å². The normalized spacial score (nSPS) is 14.3. The van der Waals surface area contributed by atoms with Crippen LogP contribution in [0.15, 0.2) is 352 Å². The summed E-state index contributed by atoms with van der Waals surface area (Å²) in [5.74, 6) is 0. The summed E-state index contributed by atoms with van der Waals surface area (Å²) in [7, 11) is 12.8. The Balaban J connectivity index is 0.000000115. The topological polar surface area (TPSA) is 52.9 Å². The van der Waals surface area contributed by atoms with Crippen LogP contribution in [0.2, 0.25) is 0 Å². The first kappa shape index (κ1) is 93.4. The summed E-state index contributed by atoms with van der Waals surface area (Å²) >= 11 is 0. The Labute approximate surface area is 806 Å². The first-order chi connectivity index (χ1) is 64.9. The van der Waals surface area contributed by atoms with E-state index >= 15 is 0 Å². The van der Waals surface area contributed by atoms with Crippen LogP contribution in [-0.2, 0) is 74.8 Å². The molecule has 0 N–H and O–H groups in total. The molecule has 0 bridgehead atoms. The molecule has 22 rings (SSSR count). The molecule has 0 saturated heterocycles. The van der Waals surface area contributed by atoms with Crippen molar-refractivity contribution in [3.63, 3.8) is 0 Å². The molecule has 0 aliphatic carbocycles. The first-order valence-electron chi connectivity index (χ1n) is 48.1. The van der Waals surface area contributed by atoms with Gasteiger partial charge in [0.15, 0.2) is 48.5 Å². The summed E-state index contributed by atoms with van der Waals surface area (Å²) in [4.78, 5) is 0. The Morgan fingerprint density at radius 1 is 0.257 bits per heavy atom. The zero-order chi connectivity index (χ0) is 96.6. The van der Waals surface area contributed by atoms with E-state index in [1.807, 2.05) is 6.07 Å². The van der Waals surface area contributed by atoms with E-state index in [-0.39, 0.29) is 32.5 Å². The van der Waals surface area contributed by atoms with Gasteiger partial charge >= 0.3 is 0 Å². The molecule has 0 fully saturated rings. The van der Waals surface area contributed by atoms with Crippen LogP contribution in [0, 0.1) is 55.4 Å². The maximum atomic E-state index is 2.51. The van der Waals surface area contributed by atoms with Gasteiger partial charge in [0.2, 0.25) is 29.5 Å². The Hall–Kier alpha value is -14.4. The zero-order valence-electron chi connectivity index (χ0n) is 84.9. The van der Waals surface area contributed by atoms with Gasteiger partial charge in [0.1, 0.15) is 56.5 Å². The number of aryl methyl sites for hydroxylation is 11. The van der Waals surface area contributed by atoms with E-state index in [0.717, 1.165) is 0 Å². The third kappa shape index (κ3) is 16.1. The summed E-state index contributed by atoms with van der Waals surface area (Å²) in [5.41, 5.74) is 41.9. The Kier molecular flexibility index (Phi) is 25.0. The number of benzene rings is 13. The summed E-state index contributed by atoms with van der Waals surface area (Å²) in [5, 5.41) is 2.53. The SMILES string of the molecule is Cc1cc(C)cc(-c2c(-c3ccccc3)c3n([n+]2C)-c2c(C)cccc2C(C)(C)C3(C)C)c1.Cc1cccc2c1-n1c(c(-c3ccccc3)c[n+]1C)C(C)(C)C2(C)C.Cc1cccc2c1-n1c(cc[n+]1C)C(C)(C)C2(C)C.Cc1ccccc1-n1c2ccccc2c(-c2ccccc2)[n+]1C.Cc1ccccc1-n1c2ccccc2c[n+]1C.Cc1ccccc1-n1ccc(-c2ccccc2)[n+]1C. The largest absolute Gasteiger partial charge is 0.246 e. The second-order valence-corrected chi connectivity index (χ2v) is 41.0. The third-order valence-corrected chi connectivity index (χ3v) is 31.0. The van der Waals surface area contributed by atoms with E-state index in [2.05, 4.69) is 583 Å². The van der Waals surface area contributed by atoms with E-state index in [4.69, 9.17) is 0 Å². The fourth-order valence-electron chi connectivity index (χ4n) is 21.6. The van der Waals surface area contributed by atoms with Crippen LogP contribution in [0.5, 0.6) is 0 Å². The smallest absolute Gasteiger partial charge is 0.128 e. The average molecular weight is 1790 g/mol. The average Bonchev–Trinajstić information content (AvgIpc) is 1.53. The molecule has 12 heteroatoms. The molecular weight excluding hydrogens is 1660 g/mol. The molecule has 9 heterocycles. The minimum atomic E-state index is -0.0894. The number of hydrogen-bond donors (Lipinski definition) is 0. The summed E-state index contributed by atoms with van der Waals surface area (Å²) < 4.78 is 27.4. The van der Waals surface area contributed by atoms with Crippen molar-refractivity contribution in [2.75, 3.05) is 0 Å². The molecular formula is C124H136N12+6. The van der Waals surface area contributed by atoms with Crippen molar-refractivity contribution in [2.45, 2.75) is 171 Å². The van der Waals surface area contributed by atoms with Crippen molar-refractivity contribution in [3.05, 3.63) is 431 Å². The number of hydrogen-bond acceptors (Lipinski definition) is 0. The van der Waals surface area contributed by atoms with Gasteiger partial charge in [0, 0.05) is 61.3 Å². The number of rotatable bonds is 8. The lowest BCUT2D eigenvalue weighted by molar-refractivity contribution is -0.745. The van der Waals surface area contributed by atoms with Crippen molar-refractivity contribution in [2.24, 2.45) is 42.3 Å². The van der Waals surface area contributed by atoms with Crippen molar-refractivity contribution < 1.29 is 28.1 Å². The molecule has 0 unspecified atom stereocenters. The lowest BCUT2D eigenvalue weighted by atomic mass is 9.59. The van der Waals surface area contributed by atoms with Gasteiger partial charge < -0.3 is 0 Å². The molecule has 0 atom stereocenters. The highest BCUT2D eigenvalue weighted by Crippen LogP contribution is 2.56. The van der Waals surface area contributed by atoms with Gasteiger partial charge in [-0.15, -0.1) is 56.2 Å². The minimum absolute atomic E-state index is 0.000226. The predicted octanol–water partition coefficient (Wildman–Crippen LogP) is 25.6. The summed E-state index contributed by atoms with van der Waals surface area (Å²) in [6.07, 6.45) is 8.71. The second kappa shape index (κ2) is 36.5. The molecule has 0 saturated carbocycles. The van der Waals surface area contributed by atoms with Crippen molar-refractivity contribution >= 4 is 21.8 Å². The van der Waals surface area contributed by atoms with Gasteiger partial charge in [-0.25, -0.2) is 0 Å². The van der Waals surface area contributed by atoms with Gasteiger partial charge in [-0.2, -0.15) is 0 Å². The second-order valence-electron chi connectivity index (χ2n) is 41.0. The minimum Gasteiger partial charge on any atom is -0.128 e.